The molecule has 2 atom stereocenters. The van der Waals surface area contributed by atoms with Gasteiger partial charge < -0.3 is 9.47 Å². The molecule has 15 heavy (non-hydrogen) atoms. The molecule has 1 aromatic heterocycles. The zero-order valence-corrected chi connectivity index (χ0v) is 8.77. The highest BCUT2D eigenvalue weighted by atomic mass is 16.7. The van der Waals surface area contributed by atoms with Crippen molar-refractivity contribution >= 4 is 5.97 Å². The Bertz CT molecular complexity index is 365. The Labute approximate surface area is 88.2 Å². The van der Waals surface area contributed by atoms with E-state index < -0.39 is 11.7 Å². The highest BCUT2D eigenvalue weighted by Crippen LogP contribution is 2.45. The normalized spacial score (nSPS) is 28.5. The van der Waals surface area contributed by atoms with Crippen LogP contribution in [0.1, 0.15) is 19.5 Å². The summed E-state index contributed by atoms with van der Waals surface area (Å²) in [7, 11) is 0. The van der Waals surface area contributed by atoms with Gasteiger partial charge in [-0.15, -0.1) is 0 Å². The molecule has 0 N–H and O–H groups in total. The van der Waals surface area contributed by atoms with Crippen LogP contribution in [-0.4, -0.2) is 23.7 Å². The number of carbonyl (C=O) groups is 1. The Balaban J connectivity index is 2.10. The Morgan fingerprint density at radius 3 is 3.07 bits per heavy atom. The van der Waals surface area contributed by atoms with Crippen molar-refractivity contribution in [3.8, 4) is 0 Å². The van der Waals surface area contributed by atoms with Gasteiger partial charge in [-0.2, -0.15) is 0 Å². The summed E-state index contributed by atoms with van der Waals surface area (Å²) < 4.78 is 10.3. The Kier molecular flexibility index (Phi) is 2.44. The third kappa shape index (κ3) is 1.72. The quantitative estimate of drug-likeness (QED) is 0.553. The van der Waals surface area contributed by atoms with E-state index in [1.54, 1.807) is 13.1 Å². The number of aromatic nitrogens is 1. The highest BCUT2D eigenvalue weighted by molar-refractivity contribution is 5.79. The maximum atomic E-state index is 11.4. The van der Waals surface area contributed by atoms with Crippen molar-refractivity contribution in [1.82, 2.24) is 4.98 Å². The van der Waals surface area contributed by atoms with Crippen LogP contribution in [0.4, 0.5) is 0 Å². The summed E-state index contributed by atoms with van der Waals surface area (Å²) in [5.74, 6) is -0.314. The summed E-state index contributed by atoms with van der Waals surface area (Å²) in [5, 5.41) is 0. The fraction of sp³-hybridized carbons (Fsp3) is 0.455. The van der Waals surface area contributed by atoms with E-state index >= 15 is 0 Å². The third-order valence-corrected chi connectivity index (χ3v) is 2.48. The number of hydrogen-bond acceptors (Lipinski definition) is 4. The minimum absolute atomic E-state index is 0.314. The zero-order chi connectivity index (χ0) is 10.9. The van der Waals surface area contributed by atoms with Crippen LogP contribution < -0.4 is 0 Å². The van der Waals surface area contributed by atoms with Gasteiger partial charge >= 0.3 is 5.97 Å². The lowest BCUT2D eigenvalue weighted by atomic mass is 10.0. The molecule has 0 amide bonds. The van der Waals surface area contributed by atoms with Crippen LogP contribution in [0.25, 0.3) is 0 Å². The second kappa shape index (κ2) is 3.62. The number of pyridine rings is 1. The van der Waals surface area contributed by atoms with E-state index in [2.05, 4.69) is 4.98 Å². The van der Waals surface area contributed by atoms with Crippen molar-refractivity contribution < 1.29 is 14.3 Å². The smallest absolute Gasteiger partial charge is 0.338 e. The Hall–Kier alpha value is -1.42. The van der Waals surface area contributed by atoms with E-state index in [1.165, 1.54) is 0 Å². The van der Waals surface area contributed by atoms with Crippen molar-refractivity contribution in [2.45, 2.75) is 25.6 Å². The van der Waals surface area contributed by atoms with E-state index in [0.29, 0.717) is 6.61 Å². The summed E-state index contributed by atoms with van der Waals surface area (Å²) >= 11 is 0. The minimum Gasteiger partial charge on any atom is -0.464 e. The molecule has 0 radical (unpaired) electrons. The molecule has 1 aromatic rings. The first-order valence-corrected chi connectivity index (χ1v) is 4.94. The molecular formula is C11H13NO3. The SMILES string of the molecule is CCOC(=O)C1OC1(C)c1ccccn1. The van der Waals surface area contributed by atoms with Crippen molar-refractivity contribution in [2.75, 3.05) is 6.61 Å². The number of carbonyl (C=O) groups excluding carboxylic acids is 1. The molecule has 1 aliphatic heterocycles. The summed E-state index contributed by atoms with van der Waals surface area (Å²) in [6, 6.07) is 5.55. The van der Waals surface area contributed by atoms with Gasteiger partial charge in [0.15, 0.2) is 6.10 Å². The van der Waals surface area contributed by atoms with Crippen LogP contribution in [-0.2, 0) is 19.9 Å². The second-order valence-corrected chi connectivity index (χ2v) is 3.57. The molecule has 80 valence electrons. The molecule has 0 aromatic carbocycles. The van der Waals surface area contributed by atoms with E-state index in [4.69, 9.17) is 9.47 Å². The van der Waals surface area contributed by atoms with Crippen molar-refractivity contribution in [3.63, 3.8) is 0 Å². The van der Waals surface area contributed by atoms with E-state index in [1.807, 2.05) is 25.1 Å². The third-order valence-electron chi connectivity index (χ3n) is 2.48. The average molecular weight is 207 g/mol. The van der Waals surface area contributed by atoms with Crippen molar-refractivity contribution in [2.24, 2.45) is 0 Å². The highest BCUT2D eigenvalue weighted by Gasteiger charge is 2.60. The molecule has 0 spiro atoms. The van der Waals surface area contributed by atoms with Gasteiger partial charge in [-0.3, -0.25) is 4.98 Å². The topological polar surface area (TPSA) is 51.7 Å². The number of epoxide rings is 1. The van der Waals surface area contributed by atoms with Crippen molar-refractivity contribution in [1.29, 1.82) is 0 Å². The molecular weight excluding hydrogens is 194 g/mol. The lowest BCUT2D eigenvalue weighted by Crippen LogP contribution is -2.19. The van der Waals surface area contributed by atoms with Gasteiger partial charge in [0.1, 0.15) is 5.60 Å². The first-order valence-electron chi connectivity index (χ1n) is 4.94. The largest absolute Gasteiger partial charge is 0.464 e. The molecule has 0 saturated carbocycles. The first-order chi connectivity index (χ1) is 7.18. The molecule has 4 heteroatoms. The summed E-state index contributed by atoms with van der Waals surface area (Å²) in [4.78, 5) is 15.6. The van der Waals surface area contributed by atoms with Gasteiger partial charge in [-0.05, 0) is 26.0 Å². The molecule has 1 saturated heterocycles. The van der Waals surface area contributed by atoms with Gasteiger partial charge in [0.25, 0.3) is 0 Å². The number of esters is 1. The van der Waals surface area contributed by atoms with Gasteiger partial charge in [0.05, 0.1) is 12.3 Å². The fourth-order valence-corrected chi connectivity index (χ4v) is 1.55. The van der Waals surface area contributed by atoms with Crippen LogP contribution in [0, 0.1) is 0 Å². The van der Waals surface area contributed by atoms with Crippen LogP contribution in [0.3, 0.4) is 0 Å². The van der Waals surface area contributed by atoms with E-state index in [9.17, 15) is 4.79 Å². The summed E-state index contributed by atoms with van der Waals surface area (Å²) in [6.07, 6.45) is 1.18. The lowest BCUT2D eigenvalue weighted by Gasteiger charge is -2.04. The summed E-state index contributed by atoms with van der Waals surface area (Å²) in [6.45, 7) is 3.99. The fourth-order valence-electron chi connectivity index (χ4n) is 1.55. The average Bonchev–Trinajstić information content (AvgIpc) is 2.94. The molecule has 2 rings (SSSR count). The maximum Gasteiger partial charge on any atom is 0.338 e. The minimum atomic E-state index is -0.604. The van der Waals surface area contributed by atoms with Gasteiger partial charge in [0, 0.05) is 6.20 Å². The van der Waals surface area contributed by atoms with E-state index in [-0.39, 0.29) is 5.97 Å². The first kappa shape index (κ1) is 10.1. The molecule has 2 heterocycles. The Morgan fingerprint density at radius 1 is 1.67 bits per heavy atom. The zero-order valence-electron chi connectivity index (χ0n) is 8.77. The molecule has 1 aliphatic rings. The standard InChI is InChI=1S/C11H13NO3/c1-3-14-10(13)9-11(2,15-9)8-6-4-5-7-12-8/h4-7,9H,3H2,1-2H3. The molecule has 0 bridgehead atoms. The number of ether oxygens (including phenoxy) is 2. The van der Waals surface area contributed by atoms with Crippen molar-refractivity contribution in [3.05, 3.63) is 30.1 Å². The molecule has 2 unspecified atom stereocenters. The molecule has 0 aliphatic carbocycles. The van der Waals surface area contributed by atoms with Gasteiger partial charge in [-0.1, -0.05) is 6.07 Å². The lowest BCUT2D eigenvalue weighted by molar-refractivity contribution is -0.144. The number of nitrogens with zero attached hydrogens (tertiary/aromatic N) is 1. The molecule has 1 fully saturated rings. The maximum absolute atomic E-state index is 11.4. The summed E-state index contributed by atoms with van der Waals surface area (Å²) in [5.41, 5.74) is 0.163. The van der Waals surface area contributed by atoms with Gasteiger partial charge in [0.2, 0.25) is 0 Å². The Morgan fingerprint density at radius 2 is 2.47 bits per heavy atom. The van der Waals surface area contributed by atoms with Crippen LogP contribution in [0.5, 0.6) is 0 Å². The number of rotatable bonds is 3. The number of hydrogen-bond donors (Lipinski definition) is 0. The van der Waals surface area contributed by atoms with Crippen LogP contribution in [0.2, 0.25) is 0 Å². The predicted molar refractivity (Wildman–Crippen MR) is 53.1 cm³/mol. The second-order valence-electron chi connectivity index (χ2n) is 3.57. The van der Waals surface area contributed by atoms with Crippen LogP contribution >= 0.6 is 0 Å². The monoisotopic (exact) mass is 207 g/mol. The van der Waals surface area contributed by atoms with Gasteiger partial charge in [-0.25, -0.2) is 4.79 Å². The van der Waals surface area contributed by atoms with Crippen LogP contribution in [0.15, 0.2) is 24.4 Å². The predicted octanol–water partition coefficient (Wildman–Crippen LogP) is 1.26. The van der Waals surface area contributed by atoms with E-state index in [0.717, 1.165) is 5.69 Å². The molecule has 4 nitrogen and oxygen atoms in total.